The van der Waals surface area contributed by atoms with E-state index in [0.717, 1.165) is 39.1 Å². The van der Waals surface area contributed by atoms with Gasteiger partial charge in [-0.15, -0.1) is 0 Å². The first-order chi connectivity index (χ1) is 13.2. The smallest absolute Gasteiger partial charge is 0.265 e. The SMILES string of the molecule is CC1Oc2ccccc2OC1C(=O)NCC1(N2CCOCC2)CCCCC1. The van der Waals surface area contributed by atoms with Crippen molar-refractivity contribution in [1.82, 2.24) is 10.2 Å². The number of amides is 1. The highest BCUT2D eigenvalue weighted by Crippen LogP contribution is 2.35. The Morgan fingerprint density at radius 1 is 1.11 bits per heavy atom. The largest absolute Gasteiger partial charge is 0.482 e. The molecule has 1 N–H and O–H groups in total. The van der Waals surface area contributed by atoms with Gasteiger partial charge in [0.05, 0.1) is 13.2 Å². The first-order valence-electron chi connectivity index (χ1n) is 10.2. The molecule has 1 aliphatic carbocycles. The highest BCUT2D eigenvalue weighted by molar-refractivity contribution is 5.82. The van der Waals surface area contributed by atoms with Crippen LogP contribution in [0.5, 0.6) is 11.5 Å². The van der Waals surface area contributed by atoms with Gasteiger partial charge in [-0.05, 0) is 31.9 Å². The van der Waals surface area contributed by atoms with Crippen molar-refractivity contribution < 1.29 is 19.0 Å². The van der Waals surface area contributed by atoms with Crippen molar-refractivity contribution in [3.63, 3.8) is 0 Å². The summed E-state index contributed by atoms with van der Waals surface area (Å²) in [6, 6.07) is 7.51. The Morgan fingerprint density at radius 2 is 1.78 bits per heavy atom. The Morgan fingerprint density at radius 3 is 2.48 bits per heavy atom. The van der Waals surface area contributed by atoms with E-state index in [1.807, 2.05) is 31.2 Å². The third-order valence-corrected chi connectivity index (χ3v) is 6.16. The molecule has 6 nitrogen and oxygen atoms in total. The maximum atomic E-state index is 12.9. The number of carbonyl (C=O) groups excluding carboxylic acids is 1. The van der Waals surface area contributed by atoms with Gasteiger partial charge in [0.25, 0.3) is 5.91 Å². The summed E-state index contributed by atoms with van der Waals surface area (Å²) in [6.07, 6.45) is 5.06. The molecule has 0 bridgehead atoms. The molecule has 1 amide bonds. The van der Waals surface area contributed by atoms with Crippen LogP contribution in [0.15, 0.2) is 24.3 Å². The van der Waals surface area contributed by atoms with Crippen molar-refractivity contribution in [2.24, 2.45) is 0 Å². The average molecular weight is 374 g/mol. The predicted octanol–water partition coefficient (Wildman–Crippen LogP) is 2.37. The molecule has 27 heavy (non-hydrogen) atoms. The maximum absolute atomic E-state index is 12.9. The van der Waals surface area contributed by atoms with E-state index in [-0.39, 0.29) is 17.6 Å². The molecular weight excluding hydrogens is 344 g/mol. The summed E-state index contributed by atoms with van der Waals surface area (Å²) in [6.45, 7) is 6.01. The van der Waals surface area contributed by atoms with Crippen LogP contribution in [-0.4, -0.2) is 61.4 Å². The van der Waals surface area contributed by atoms with Crippen molar-refractivity contribution in [1.29, 1.82) is 0 Å². The summed E-state index contributed by atoms with van der Waals surface area (Å²) in [7, 11) is 0. The van der Waals surface area contributed by atoms with Gasteiger partial charge in [0.15, 0.2) is 11.5 Å². The molecule has 148 valence electrons. The van der Waals surface area contributed by atoms with Crippen molar-refractivity contribution in [3.8, 4) is 11.5 Å². The van der Waals surface area contributed by atoms with E-state index in [1.54, 1.807) is 0 Å². The molecule has 0 radical (unpaired) electrons. The van der Waals surface area contributed by atoms with Gasteiger partial charge in [-0.25, -0.2) is 0 Å². The molecule has 1 aromatic rings. The predicted molar refractivity (Wildman–Crippen MR) is 102 cm³/mol. The third-order valence-electron chi connectivity index (χ3n) is 6.16. The molecule has 2 fully saturated rings. The first kappa shape index (κ1) is 18.6. The summed E-state index contributed by atoms with van der Waals surface area (Å²) in [5.41, 5.74) is 0.0500. The van der Waals surface area contributed by atoms with Crippen LogP contribution in [-0.2, 0) is 9.53 Å². The van der Waals surface area contributed by atoms with E-state index in [2.05, 4.69) is 10.2 Å². The second-order valence-corrected chi connectivity index (χ2v) is 7.91. The number of para-hydroxylation sites is 2. The topological polar surface area (TPSA) is 60.0 Å². The Labute approximate surface area is 161 Å². The molecule has 4 rings (SSSR count). The van der Waals surface area contributed by atoms with E-state index in [4.69, 9.17) is 14.2 Å². The Balaban J connectivity index is 1.42. The minimum Gasteiger partial charge on any atom is -0.482 e. The molecule has 2 atom stereocenters. The summed E-state index contributed by atoms with van der Waals surface area (Å²) in [4.78, 5) is 15.5. The molecule has 2 aliphatic heterocycles. The van der Waals surface area contributed by atoms with Gasteiger partial charge in [0.1, 0.15) is 6.10 Å². The average Bonchev–Trinajstić information content (AvgIpc) is 2.73. The van der Waals surface area contributed by atoms with E-state index in [9.17, 15) is 4.79 Å². The molecule has 1 aromatic carbocycles. The molecule has 0 spiro atoms. The van der Waals surface area contributed by atoms with Gasteiger partial charge < -0.3 is 19.5 Å². The van der Waals surface area contributed by atoms with Crippen LogP contribution in [0.25, 0.3) is 0 Å². The lowest BCUT2D eigenvalue weighted by Crippen LogP contribution is -2.61. The van der Waals surface area contributed by atoms with E-state index >= 15 is 0 Å². The minimum atomic E-state index is -0.620. The number of nitrogens with zero attached hydrogens (tertiary/aromatic N) is 1. The normalized spacial score (nSPS) is 27.7. The number of morpholine rings is 1. The van der Waals surface area contributed by atoms with Gasteiger partial charge in [-0.1, -0.05) is 31.4 Å². The second kappa shape index (κ2) is 8.07. The zero-order chi connectivity index (χ0) is 18.7. The summed E-state index contributed by atoms with van der Waals surface area (Å²) < 4.78 is 17.4. The van der Waals surface area contributed by atoms with Gasteiger partial charge in [-0.2, -0.15) is 0 Å². The summed E-state index contributed by atoms with van der Waals surface area (Å²) >= 11 is 0. The fraction of sp³-hybridized carbons (Fsp3) is 0.667. The Hall–Kier alpha value is -1.79. The van der Waals surface area contributed by atoms with E-state index in [0.29, 0.717) is 18.0 Å². The van der Waals surface area contributed by atoms with Gasteiger partial charge in [-0.3, -0.25) is 9.69 Å². The highest BCUT2D eigenvalue weighted by Gasteiger charge is 2.40. The number of benzene rings is 1. The molecule has 2 unspecified atom stereocenters. The fourth-order valence-corrected chi connectivity index (χ4v) is 4.61. The number of hydrogen-bond donors (Lipinski definition) is 1. The van der Waals surface area contributed by atoms with Gasteiger partial charge in [0.2, 0.25) is 6.10 Å². The quantitative estimate of drug-likeness (QED) is 0.877. The molecule has 2 heterocycles. The lowest BCUT2D eigenvalue weighted by molar-refractivity contribution is -0.134. The van der Waals surface area contributed by atoms with Crippen molar-refractivity contribution in [3.05, 3.63) is 24.3 Å². The van der Waals surface area contributed by atoms with Crippen molar-refractivity contribution >= 4 is 5.91 Å². The van der Waals surface area contributed by atoms with Crippen LogP contribution in [0.3, 0.4) is 0 Å². The van der Waals surface area contributed by atoms with Crippen LogP contribution in [0.4, 0.5) is 0 Å². The number of carbonyl (C=O) groups is 1. The summed E-state index contributed by atoms with van der Waals surface area (Å²) in [5.74, 6) is 1.25. The number of fused-ring (bicyclic) bond motifs is 1. The first-order valence-corrected chi connectivity index (χ1v) is 10.2. The Bertz CT molecular complexity index is 653. The summed E-state index contributed by atoms with van der Waals surface area (Å²) in [5, 5.41) is 3.20. The molecular formula is C21H30N2O4. The lowest BCUT2D eigenvalue weighted by Gasteiger charge is -2.48. The number of rotatable bonds is 4. The van der Waals surface area contributed by atoms with Crippen LogP contribution < -0.4 is 14.8 Å². The molecule has 3 aliphatic rings. The third kappa shape index (κ3) is 3.92. The zero-order valence-electron chi connectivity index (χ0n) is 16.1. The minimum absolute atomic E-state index is 0.0500. The second-order valence-electron chi connectivity index (χ2n) is 7.91. The van der Waals surface area contributed by atoms with Crippen LogP contribution >= 0.6 is 0 Å². The maximum Gasteiger partial charge on any atom is 0.265 e. The van der Waals surface area contributed by atoms with E-state index in [1.165, 1.54) is 19.3 Å². The monoisotopic (exact) mass is 374 g/mol. The number of ether oxygens (including phenoxy) is 3. The molecule has 1 saturated carbocycles. The zero-order valence-corrected chi connectivity index (χ0v) is 16.1. The highest BCUT2D eigenvalue weighted by atomic mass is 16.6. The standard InChI is InChI=1S/C21H30N2O4/c1-16-19(27-18-8-4-3-7-17(18)26-16)20(24)22-15-21(9-5-2-6-10-21)23-11-13-25-14-12-23/h3-4,7-8,16,19H,2,5-6,9-15H2,1H3,(H,22,24). The van der Waals surface area contributed by atoms with E-state index < -0.39 is 6.10 Å². The fourth-order valence-electron chi connectivity index (χ4n) is 4.61. The van der Waals surface area contributed by atoms with Crippen LogP contribution in [0.2, 0.25) is 0 Å². The van der Waals surface area contributed by atoms with Crippen LogP contribution in [0, 0.1) is 0 Å². The van der Waals surface area contributed by atoms with Gasteiger partial charge >= 0.3 is 0 Å². The molecule has 1 saturated heterocycles. The molecule has 6 heteroatoms. The van der Waals surface area contributed by atoms with Crippen molar-refractivity contribution in [2.45, 2.75) is 56.8 Å². The molecule has 0 aromatic heterocycles. The number of nitrogens with one attached hydrogen (secondary N) is 1. The van der Waals surface area contributed by atoms with Crippen LogP contribution in [0.1, 0.15) is 39.0 Å². The number of hydrogen-bond acceptors (Lipinski definition) is 5. The Kier molecular flexibility index (Phi) is 5.55. The lowest BCUT2D eigenvalue weighted by atomic mass is 9.79. The van der Waals surface area contributed by atoms with Crippen molar-refractivity contribution in [2.75, 3.05) is 32.8 Å². The van der Waals surface area contributed by atoms with Gasteiger partial charge in [0, 0.05) is 25.2 Å².